The number of nitrogens with one attached hydrogen (secondary N) is 1. The third kappa shape index (κ3) is 6.40. The van der Waals surface area contributed by atoms with Crippen molar-refractivity contribution in [3.05, 3.63) is 35.9 Å². The van der Waals surface area contributed by atoms with Gasteiger partial charge < -0.3 is 5.32 Å². The normalized spacial score (nSPS) is 11.0. The van der Waals surface area contributed by atoms with Gasteiger partial charge in [0.25, 0.3) is 0 Å². The summed E-state index contributed by atoms with van der Waals surface area (Å²) in [5, 5.41) is 2.41. The average molecular weight is 312 g/mol. The highest BCUT2D eigenvalue weighted by molar-refractivity contribution is 7.91. The number of benzene rings is 1. The van der Waals surface area contributed by atoms with E-state index >= 15 is 0 Å². The fourth-order valence-corrected chi connectivity index (χ4v) is 2.76. The molecule has 0 atom stereocenters. The Kier molecular flexibility index (Phi) is 6.36. The Bertz CT molecular complexity index is 584. The summed E-state index contributed by atoms with van der Waals surface area (Å²) in [7, 11) is -1.90. The number of rotatable bonds is 6. The molecule has 0 unspecified atom stereocenters. The van der Waals surface area contributed by atoms with Crippen LogP contribution in [-0.2, 0) is 21.1 Å². The van der Waals surface area contributed by atoms with Crippen molar-refractivity contribution in [3.63, 3.8) is 0 Å². The highest BCUT2D eigenvalue weighted by Crippen LogP contribution is 2.02. The van der Waals surface area contributed by atoms with Gasteiger partial charge in [0.05, 0.1) is 11.5 Å². The molecule has 0 aliphatic carbocycles. The van der Waals surface area contributed by atoms with Crippen molar-refractivity contribution in [1.82, 2.24) is 10.2 Å². The average Bonchev–Trinajstić information content (AvgIpc) is 2.45. The lowest BCUT2D eigenvalue weighted by molar-refractivity contribution is -0.124. The molecule has 6 nitrogen and oxygen atoms in total. The van der Waals surface area contributed by atoms with E-state index in [9.17, 15) is 18.0 Å². The number of amides is 3. The quantitative estimate of drug-likeness (QED) is 0.843. The number of carbonyl (C=O) groups excluding carboxylic acids is 2. The summed E-state index contributed by atoms with van der Waals surface area (Å²) in [5.41, 5.74) is 0.960. The molecular formula is C14H20N2O4S. The van der Waals surface area contributed by atoms with E-state index in [1.54, 1.807) is 0 Å². The topological polar surface area (TPSA) is 83.6 Å². The van der Waals surface area contributed by atoms with Gasteiger partial charge in [-0.3, -0.25) is 9.69 Å². The fraction of sp³-hybridized carbons (Fsp3) is 0.429. The largest absolute Gasteiger partial charge is 0.337 e. The van der Waals surface area contributed by atoms with Crippen LogP contribution in [0.4, 0.5) is 4.79 Å². The Balaban J connectivity index is 2.37. The number of hydrogen-bond donors (Lipinski definition) is 1. The van der Waals surface area contributed by atoms with E-state index in [1.807, 2.05) is 30.3 Å². The van der Waals surface area contributed by atoms with E-state index in [0.717, 1.165) is 10.5 Å². The van der Waals surface area contributed by atoms with E-state index < -0.39 is 21.8 Å². The summed E-state index contributed by atoms with van der Waals surface area (Å²) in [6, 6.07) is 8.75. The summed E-state index contributed by atoms with van der Waals surface area (Å²) in [5.74, 6) is -0.508. The first-order valence-corrected chi connectivity index (χ1v) is 8.40. The summed E-state index contributed by atoms with van der Waals surface area (Å²) >= 11 is 0. The smallest absolute Gasteiger partial charge is 0.323 e. The molecule has 1 aromatic carbocycles. The Hall–Kier alpha value is -1.89. The van der Waals surface area contributed by atoms with Gasteiger partial charge in [0.1, 0.15) is 0 Å². The van der Waals surface area contributed by atoms with Crippen LogP contribution in [0.1, 0.15) is 12.5 Å². The molecule has 0 aliphatic rings. The maximum Gasteiger partial charge on any atom is 0.323 e. The van der Waals surface area contributed by atoms with Gasteiger partial charge in [0, 0.05) is 20.5 Å². The molecule has 0 aliphatic heterocycles. The molecule has 0 saturated carbocycles. The molecule has 1 N–H and O–H groups in total. The minimum Gasteiger partial charge on any atom is -0.337 e. The Labute approximate surface area is 125 Å². The third-order valence-electron chi connectivity index (χ3n) is 3.01. The molecule has 0 saturated heterocycles. The zero-order valence-corrected chi connectivity index (χ0v) is 13.0. The molecule has 1 aromatic rings. The van der Waals surface area contributed by atoms with Crippen LogP contribution in [0, 0.1) is 0 Å². The number of aryl methyl sites for hydroxylation is 1. The number of carbonyl (C=O) groups is 2. The first kappa shape index (κ1) is 17.2. The first-order valence-electron chi connectivity index (χ1n) is 6.58. The molecule has 0 fully saturated rings. The highest BCUT2D eigenvalue weighted by Gasteiger charge is 2.15. The van der Waals surface area contributed by atoms with Gasteiger partial charge in [0.2, 0.25) is 5.91 Å². The van der Waals surface area contributed by atoms with Crippen LogP contribution in [-0.4, -0.2) is 50.4 Å². The van der Waals surface area contributed by atoms with Gasteiger partial charge in [-0.25, -0.2) is 13.2 Å². The summed E-state index contributed by atoms with van der Waals surface area (Å²) in [4.78, 5) is 23.3. The maximum atomic E-state index is 11.9. The first-order chi connectivity index (χ1) is 9.82. The van der Waals surface area contributed by atoms with Gasteiger partial charge in [-0.05, 0) is 12.0 Å². The van der Waals surface area contributed by atoms with Crippen LogP contribution in [0.5, 0.6) is 0 Å². The van der Waals surface area contributed by atoms with Gasteiger partial charge in [-0.2, -0.15) is 0 Å². The Morgan fingerprint density at radius 2 is 1.76 bits per heavy atom. The second-order valence-electron chi connectivity index (χ2n) is 4.70. The van der Waals surface area contributed by atoms with E-state index in [2.05, 4.69) is 5.32 Å². The molecule has 7 heteroatoms. The number of hydrogen-bond acceptors (Lipinski definition) is 4. The van der Waals surface area contributed by atoms with Crippen molar-refractivity contribution >= 4 is 21.8 Å². The van der Waals surface area contributed by atoms with E-state index in [-0.39, 0.29) is 18.1 Å². The Morgan fingerprint density at radius 3 is 2.33 bits per heavy atom. The van der Waals surface area contributed by atoms with Gasteiger partial charge >= 0.3 is 6.03 Å². The Morgan fingerprint density at radius 1 is 1.14 bits per heavy atom. The fourth-order valence-electron chi connectivity index (χ4n) is 1.60. The summed E-state index contributed by atoms with van der Waals surface area (Å²) in [6.45, 7) is 1.25. The number of imide groups is 1. The number of sulfone groups is 1. The minimum absolute atomic E-state index is 0.00637. The van der Waals surface area contributed by atoms with Gasteiger partial charge in [0.15, 0.2) is 9.84 Å². The molecule has 0 bridgehead atoms. The lowest BCUT2D eigenvalue weighted by Gasteiger charge is -2.13. The summed E-state index contributed by atoms with van der Waals surface area (Å²) < 4.78 is 23.7. The molecule has 0 aromatic heterocycles. The van der Waals surface area contributed by atoms with E-state index in [4.69, 9.17) is 0 Å². The van der Waals surface area contributed by atoms with Crippen molar-refractivity contribution < 1.29 is 18.0 Å². The van der Waals surface area contributed by atoms with Crippen LogP contribution >= 0.6 is 0 Å². The molecule has 21 heavy (non-hydrogen) atoms. The molecule has 0 radical (unpaired) electrons. The second kappa shape index (κ2) is 7.78. The van der Waals surface area contributed by atoms with Gasteiger partial charge in [-0.1, -0.05) is 30.3 Å². The number of urea groups is 1. The van der Waals surface area contributed by atoms with E-state index in [0.29, 0.717) is 6.42 Å². The van der Waals surface area contributed by atoms with Crippen molar-refractivity contribution in [1.29, 1.82) is 0 Å². The van der Waals surface area contributed by atoms with Crippen molar-refractivity contribution in [2.24, 2.45) is 0 Å². The highest BCUT2D eigenvalue weighted by atomic mass is 32.2. The van der Waals surface area contributed by atoms with Gasteiger partial charge in [-0.15, -0.1) is 0 Å². The zero-order valence-electron chi connectivity index (χ0n) is 12.2. The lowest BCUT2D eigenvalue weighted by atomic mass is 10.2. The van der Waals surface area contributed by atoms with Crippen LogP contribution in [0.25, 0.3) is 0 Å². The molecular weight excluding hydrogens is 292 g/mol. The predicted octanol–water partition coefficient (Wildman–Crippen LogP) is 0.832. The standard InChI is InChI=1S/C14H20N2O4S/c1-12(17)16(2)14(18)15-9-11-21(19,20)10-8-13-6-4-3-5-7-13/h3-7H,8-11H2,1-2H3,(H,15,18). The molecule has 116 valence electrons. The van der Waals surface area contributed by atoms with Crippen LogP contribution in [0.2, 0.25) is 0 Å². The lowest BCUT2D eigenvalue weighted by Crippen LogP contribution is -2.41. The molecule has 0 spiro atoms. The maximum absolute atomic E-state index is 11.9. The van der Waals surface area contributed by atoms with Crippen LogP contribution in [0.15, 0.2) is 30.3 Å². The minimum atomic E-state index is -3.24. The molecule has 1 rings (SSSR count). The number of nitrogens with zero attached hydrogens (tertiary/aromatic N) is 1. The molecule has 0 heterocycles. The monoisotopic (exact) mass is 312 g/mol. The zero-order chi connectivity index (χ0) is 15.9. The SMILES string of the molecule is CC(=O)N(C)C(=O)NCCS(=O)(=O)CCc1ccccc1. The van der Waals surface area contributed by atoms with Crippen LogP contribution in [0.3, 0.4) is 0 Å². The van der Waals surface area contributed by atoms with Crippen molar-refractivity contribution in [2.45, 2.75) is 13.3 Å². The third-order valence-corrected chi connectivity index (χ3v) is 4.66. The summed E-state index contributed by atoms with van der Waals surface area (Å²) in [6.07, 6.45) is 0.449. The van der Waals surface area contributed by atoms with E-state index in [1.165, 1.54) is 14.0 Å². The van der Waals surface area contributed by atoms with Crippen molar-refractivity contribution in [3.8, 4) is 0 Å². The van der Waals surface area contributed by atoms with Crippen molar-refractivity contribution in [2.75, 3.05) is 25.1 Å². The molecule has 3 amide bonds. The predicted molar refractivity (Wildman–Crippen MR) is 80.6 cm³/mol. The second-order valence-corrected chi connectivity index (χ2v) is 7.00. The van der Waals surface area contributed by atoms with Crippen LogP contribution < -0.4 is 5.32 Å².